The Morgan fingerprint density at radius 2 is 1.84 bits per heavy atom. The van der Waals surface area contributed by atoms with Gasteiger partial charge in [-0.3, -0.25) is 4.90 Å². The van der Waals surface area contributed by atoms with Crippen LogP contribution in [0.2, 0.25) is 0 Å². The van der Waals surface area contributed by atoms with Crippen LogP contribution in [0.5, 0.6) is 0 Å². The molecule has 2 N–H and O–H groups in total. The summed E-state index contributed by atoms with van der Waals surface area (Å²) in [5, 5.41) is 17.4. The van der Waals surface area contributed by atoms with Gasteiger partial charge in [0.1, 0.15) is 6.61 Å². The Hall–Kier alpha value is -1.48. The van der Waals surface area contributed by atoms with Gasteiger partial charge in [-0.15, -0.1) is 0 Å². The average molecular weight is 269 g/mol. The molecule has 3 nitrogen and oxygen atoms in total. The van der Waals surface area contributed by atoms with E-state index in [0.717, 1.165) is 11.1 Å². The summed E-state index contributed by atoms with van der Waals surface area (Å²) in [6.45, 7) is -0.116. The van der Waals surface area contributed by atoms with Crippen LogP contribution in [-0.4, -0.2) is 47.8 Å². The van der Waals surface area contributed by atoms with Crippen LogP contribution in [0.3, 0.4) is 0 Å². The van der Waals surface area contributed by atoms with Crippen molar-refractivity contribution in [2.45, 2.75) is 13.0 Å². The van der Waals surface area contributed by atoms with Crippen molar-refractivity contribution >= 4 is 0 Å². The highest BCUT2D eigenvalue weighted by Gasteiger charge is 2.11. The predicted octanol–water partition coefficient (Wildman–Crippen LogP) is 1.09. The van der Waals surface area contributed by atoms with Crippen LogP contribution in [0, 0.1) is 11.8 Å². The molecule has 104 valence electrons. The zero-order valence-corrected chi connectivity index (χ0v) is 10.5. The Labute approximate surface area is 111 Å². The molecular weight excluding hydrogens is 252 g/mol. The van der Waals surface area contributed by atoms with Crippen LogP contribution < -0.4 is 0 Å². The quantitative estimate of drug-likeness (QED) is 0.760. The Balaban J connectivity index is 2.63. The van der Waals surface area contributed by atoms with Crippen molar-refractivity contribution in [1.82, 2.24) is 4.90 Å². The lowest BCUT2D eigenvalue weighted by molar-refractivity contribution is 0.0746. The van der Waals surface area contributed by atoms with Crippen LogP contribution in [0.15, 0.2) is 24.3 Å². The van der Waals surface area contributed by atoms with Crippen molar-refractivity contribution in [2.75, 3.05) is 26.3 Å². The summed E-state index contributed by atoms with van der Waals surface area (Å²) in [6, 6.07) is 7.16. The van der Waals surface area contributed by atoms with E-state index in [1.54, 1.807) is 24.3 Å². The van der Waals surface area contributed by atoms with Crippen LogP contribution in [0.25, 0.3) is 0 Å². The summed E-state index contributed by atoms with van der Waals surface area (Å²) in [5.41, 5.74) is 1.64. The number of aliphatic hydroxyl groups excluding tert-OH is 2. The summed E-state index contributed by atoms with van der Waals surface area (Å²) in [7, 11) is 0. The normalized spacial score (nSPS) is 10.6. The van der Waals surface area contributed by atoms with Crippen LogP contribution in [-0.2, 0) is 6.54 Å². The monoisotopic (exact) mass is 269 g/mol. The number of hydrogen-bond acceptors (Lipinski definition) is 3. The van der Waals surface area contributed by atoms with Gasteiger partial charge in [0.15, 0.2) is 0 Å². The van der Waals surface area contributed by atoms with Gasteiger partial charge in [0, 0.05) is 18.7 Å². The second kappa shape index (κ2) is 8.59. The summed E-state index contributed by atoms with van der Waals surface area (Å²) >= 11 is 0. The number of rotatable bonds is 6. The molecule has 0 aliphatic heterocycles. The first-order valence-electron chi connectivity index (χ1n) is 5.95. The molecule has 19 heavy (non-hydrogen) atoms. The van der Waals surface area contributed by atoms with E-state index in [1.165, 1.54) is 4.90 Å². The van der Waals surface area contributed by atoms with E-state index in [9.17, 15) is 8.78 Å². The van der Waals surface area contributed by atoms with Gasteiger partial charge in [-0.25, -0.2) is 8.78 Å². The molecule has 0 amide bonds. The first kappa shape index (κ1) is 15.6. The zero-order chi connectivity index (χ0) is 14.1. The summed E-state index contributed by atoms with van der Waals surface area (Å²) < 4.78 is 24.7. The first-order chi connectivity index (χ1) is 9.15. The SMILES string of the molecule is OCC#Cc1ccc(CN(CCO)CC(F)F)cc1. The molecule has 5 heteroatoms. The van der Waals surface area contributed by atoms with Crippen molar-refractivity contribution in [2.24, 2.45) is 0 Å². The molecule has 1 rings (SSSR count). The molecule has 0 atom stereocenters. The van der Waals surface area contributed by atoms with Crippen LogP contribution >= 0.6 is 0 Å². The second-order valence-electron chi connectivity index (χ2n) is 4.01. The number of halogens is 2. The van der Waals surface area contributed by atoms with Gasteiger partial charge in [-0.05, 0) is 17.7 Å². The van der Waals surface area contributed by atoms with E-state index >= 15 is 0 Å². The minimum Gasteiger partial charge on any atom is -0.395 e. The maximum Gasteiger partial charge on any atom is 0.251 e. The largest absolute Gasteiger partial charge is 0.395 e. The van der Waals surface area contributed by atoms with Gasteiger partial charge in [0.25, 0.3) is 6.43 Å². The molecule has 0 spiro atoms. The molecule has 0 aromatic heterocycles. The highest BCUT2D eigenvalue weighted by molar-refractivity contribution is 5.36. The Morgan fingerprint density at radius 3 is 2.37 bits per heavy atom. The number of benzene rings is 1. The van der Waals surface area contributed by atoms with Gasteiger partial charge in [0.2, 0.25) is 0 Å². The number of nitrogens with zero attached hydrogens (tertiary/aromatic N) is 1. The average Bonchev–Trinajstić information content (AvgIpc) is 2.37. The van der Waals surface area contributed by atoms with Crippen molar-refractivity contribution in [1.29, 1.82) is 0 Å². The second-order valence-corrected chi connectivity index (χ2v) is 4.01. The standard InChI is InChI=1S/C14H17F2NO2/c15-14(16)11-17(7-9-19)10-13-5-3-12(4-6-13)2-1-8-18/h3-6,14,18-19H,7-11H2. The van der Waals surface area contributed by atoms with E-state index in [2.05, 4.69) is 11.8 Å². The molecule has 0 radical (unpaired) electrons. The maximum absolute atomic E-state index is 12.3. The lowest BCUT2D eigenvalue weighted by Gasteiger charge is -2.20. The molecule has 0 fully saturated rings. The maximum atomic E-state index is 12.3. The lowest BCUT2D eigenvalue weighted by atomic mass is 10.1. The number of alkyl halides is 2. The van der Waals surface area contributed by atoms with E-state index in [1.807, 2.05) is 0 Å². The Morgan fingerprint density at radius 1 is 1.16 bits per heavy atom. The van der Waals surface area contributed by atoms with Crippen molar-refractivity contribution in [3.63, 3.8) is 0 Å². The van der Waals surface area contributed by atoms with E-state index in [-0.39, 0.29) is 26.3 Å². The highest BCUT2D eigenvalue weighted by atomic mass is 19.3. The van der Waals surface area contributed by atoms with Crippen molar-refractivity contribution < 1.29 is 19.0 Å². The fourth-order valence-electron chi connectivity index (χ4n) is 1.66. The minimum absolute atomic E-state index is 0.146. The van der Waals surface area contributed by atoms with Gasteiger partial charge < -0.3 is 10.2 Å². The Bertz CT molecular complexity index is 423. The van der Waals surface area contributed by atoms with Gasteiger partial charge in [-0.1, -0.05) is 24.0 Å². The molecule has 0 saturated carbocycles. The molecule has 1 aromatic carbocycles. The predicted molar refractivity (Wildman–Crippen MR) is 68.8 cm³/mol. The van der Waals surface area contributed by atoms with E-state index in [4.69, 9.17) is 10.2 Å². The summed E-state index contributed by atoms with van der Waals surface area (Å²) in [5.74, 6) is 5.29. The smallest absolute Gasteiger partial charge is 0.251 e. The van der Waals surface area contributed by atoms with E-state index in [0.29, 0.717) is 6.54 Å². The molecule has 0 saturated heterocycles. The zero-order valence-electron chi connectivity index (χ0n) is 10.5. The molecule has 0 aliphatic carbocycles. The third-order valence-electron chi connectivity index (χ3n) is 2.48. The first-order valence-corrected chi connectivity index (χ1v) is 5.95. The van der Waals surface area contributed by atoms with Crippen LogP contribution in [0.4, 0.5) is 8.78 Å². The fourth-order valence-corrected chi connectivity index (χ4v) is 1.66. The van der Waals surface area contributed by atoms with Crippen LogP contribution in [0.1, 0.15) is 11.1 Å². The van der Waals surface area contributed by atoms with Crippen molar-refractivity contribution in [3.8, 4) is 11.8 Å². The molecule has 0 aliphatic rings. The molecular formula is C14H17F2NO2. The van der Waals surface area contributed by atoms with Gasteiger partial charge >= 0.3 is 0 Å². The highest BCUT2D eigenvalue weighted by Crippen LogP contribution is 2.08. The summed E-state index contributed by atoms with van der Waals surface area (Å²) in [4.78, 5) is 1.50. The van der Waals surface area contributed by atoms with Crippen molar-refractivity contribution in [3.05, 3.63) is 35.4 Å². The Kier molecular flexibility index (Phi) is 7.04. The summed E-state index contributed by atoms with van der Waals surface area (Å²) in [6.07, 6.45) is -2.42. The number of aliphatic hydroxyl groups is 2. The number of hydrogen-bond donors (Lipinski definition) is 2. The topological polar surface area (TPSA) is 43.7 Å². The third kappa shape index (κ3) is 6.30. The lowest BCUT2D eigenvalue weighted by Crippen LogP contribution is -2.31. The molecule has 0 bridgehead atoms. The fraction of sp³-hybridized carbons (Fsp3) is 0.429. The molecule has 1 aromatic rings. The minimum atomic E-state index is -2.42. The molecule has 0 unspecified atom stereocenters. The van der Waals surface area contributed by atoms with Gasteiger partial charge in [-0.2, -0.15) is 0 Å². The van der Waals surface area contributed by atoms with Gasteiger partial charge in [0.05, 0.1) is 13.2 Å². The molecule has 0 heterocycles. The van der Waals surface area contributed by atoms with E-state index < -0.39 is 6.43 Å². The third-order valence-corrected chi connectivity index (χ3v) is 2.48.